The van der Waals surface area contributed by atoms with Gasteiger partial charge in [0.2, 0.25) is 0 Å². The molecule has 0 heterocycles. The summed E-state index contributed by atoms with van der Waals surface area (Å²) in [7, 11) is 0. The van der Waals surface area contributed by atoms with Crippen molar-refractivity contribution >= 4 is 17.6 Å². The van der Waals surface area contributed by atoms with Crippen molar-refractivity contribution in [2.24, 2.45) is 0 Å². The van der Waals surface area contributed by atoms with Gasteiger partial charge in [-0.3, -0.25) is 4.79 Å². The van der Waals surface area contributed by atoms with E-state index in [0.717, 1.165) is 17.9 Å². The molecule has 1 aromatic rings. The molecule has 1 aliphatic rings. The van der Waals surface area contributed by atoms with Crippen molar-refractivity contribution in [2.45, 2.75) is 25.7 Å². The van der Waals surface area contributed by atoms with E-state index in [4.69, 9.17) is 21.5 Å². The molecule has 0 bridgehead atoms. The molecule has 0 amide bonds. The van der Waals surface area contributed by atoms with Crippen LogP contribution in [0.4, 0.5) is 0 Å². The molecule has 2 nitrogen and oxygen atoms in total. The van der Waals surface area contributed by atoms with Gasteiger partial charge in [0.05, 0.1) is 0 Å². The third-order valence-corrected chi connectivity index (χ3v) is 2.17. The van der Waals surface area contributed by atoms with Gasteiger partial charge in [0.25, 0.3) is 5.97 Å². The smallest absolute Gasteiger partial charge is 0.300 e. The van der Waals surface area contributed by atoms with Crippen LogP contribution in [0.1, 0.15) is 31.2 Å². The number of hydrogen-bond donors (Lipinski definition) is 1. The summed E-state index contributed by atoms with van der Waals surface area (Å²) < 4.78 is 0. The Balaban J connectivity index is 0.000000213. The van der Waals surface area contributed by atoms with Crippen molar-refractivity contribution < 1.29 is 9.90 Å². The molecule has 0 spiro atoms. The van der Waals surface area contributed by atoms with E-state index in [1.807, 2.05) is 12.1 Å². The largest absolute Gasteiger partial charge is 0.481 e. The molecule has 3 heteroatoms. The van der Waals surface area contributed by atoms with Crippen molar-refractivity contribution in [3.05, 3.63) is 34.9 Å². The van der Waals surface area contributed by atoms with Crippen molar-refractivity contribution in [2.75, 3.05) is 0 Å². The maximum Gasteiger partial charge on any atom is 0.300 e. The first-order chi connectivity index (χ1) is 6.59. The molecule has 0 atom stereocenters. The Morgan fingerprint density at radius 2 is 1.79 bits per heavy atom. The van der Waals surface area contributed by atoms with E-state index in [2.05, 4.69) is 12.1 Å². The average molecular weight is 213 g/mol. The second-order valence-electron chi connectivity index (χ2n) is 3.34. The van der Waals surface area contributed by atoms with Gasteiger partial charge >= 0.3 is 0 Å². The highest BCUT2D eigenvalue weighted by atomic mass is 35.5. The van der Waals surface area contributed by atoms with Gasteiger partial charge in [0, 0.05) is 11.9 Å². The number of carbonyl (C=O) groups is 1. The topological polar surface area (TPSA) is 37.3 Å². The van der Waals surface area contributed by atoms with Crippen LogP contribution in [-0.4, -0.2) is 11.1 Å². The summed E-state index contributed by atoms with van der Waals surface area (Å²) in [5.41, 5.74) is 1.45. The van der Waals surface area contributed by atoms with E-state index in [0.29, 0.717) is 0 Å². The molecule has 2 rings (SSSR count). The number of carboxylic acid groups (broad SMARTS) is 1. The lowest BCUT2D eigenvalue weighted by atomic mass is 10.1. The summed E-state index contributed by atoms with van der Waals surface area (Å²) in [6.07, 6.45) is 2.73. The number of aliphatic carboxylic acids is 1. The van der Waals surface area contributed by atoms with E-state index >= 15 is 0 Å². The number of hydrogen-bond acceptors (Lipinski definition) is 1. The van der Waals surface area contributed by atoms with Crippen LogP contribution in [0.5, 0.6) is 0 Å². The maximum absolute atomic E-state index is 9.00. The van der Waals surface area contributed by atoms with E-state index in [1.165, 1.54) is 18.4 Å². The van der Waals surface area contributed by atoms with Crippen LogP contribution in [-0.2, 0) is 4.79 Å². The molecule has 76 valence electrons. The highest BCUT2D eigenvalue weighted by Gasteiger charge is 2.22. The highest BCUT2D eigenvalue weighted by molar-refractivity contribution is 6.30. The van der Waals surface area contributed by atoms with E-state index in [9.17, 15) is 0 Å². The Kier molecular flexibility index (Phi) is 3.96. The van der Waals surface area contributed by atoms with Crippen LogP contribution < -0.4 is 0 Å². The Morgan fingerprint density at radius 3 is 2.14 bits per heavy atom. The lowest BCUT2D eigenvalue weighted by Gasteiger charge is -1.95. The fourth-order valence-electron chi connectivity index (χ4n) is 1.15. The van der Waals surface area contributed by atoms with Crippen LogP contribution in [0.15, 0.2) is 24.3 Å². The SMILES string of the molecule is CC(=O)O.Clc1ccc(C2CC2)cc1. The monoisotopic (exact) mass is 212 g/mol. The minimum atomic E-state index is -0.833. The molecule has 0 aliphatic heterocycles. The lowest BCUT2D eigenvalue weighted by Crippen LogP contribution is -1.78. The molecular formula is C11H13ClO2. The minimum absolute atomic E-state index is 0.833. The molecule has 0 aromatic heterocycles. The summed E-state index contributed by atoms with van der Waals surface area (Å²) in [6.45, 7) is 1.08. The Hall–Kier alpha value is -1.02. The van der Waals surface area contributed by atoms with E-state index < -0.39 is 5.97 Å². The van der Waals surface area contributed by atoms with E-state index in [1.54, 1.807) is 0 Å². The van der Waals surface area contributed by atoms with Crippen molar-refractivity contribution in [1.82, 2.24) is 0 Å². The number of rotatable bonds is 1. The number of benzene rings is 1. The van der Waals surface area contributed by atoms with Gasteiger partial charge in [-0.05, 0) is 36.5 Å². The Labute approximate surface area is 88.5 Å². The molecule has 1 aliphatic carbocycles. The van der Waals surface area contributed by atoms with Gasteiger partial charge in [0.15, 0.2) is 0 Å². The predicted octanol–water partition coefficient (Wildman–Crippen LogP) is 3.31. The summed E-state index contributed by atoms with van der Waals surface area (Å²) in [5.74, 6) is 0.0114. The first-order valence-corrected chi connectivity index (χ1v) is 4.92. The third-order valence-electron chi connectivity index (χ3n) is 1.92. The standard InChI is InChI=1S/C9H9Cl.C2H4O2/c10-9-5-3-8(4-6-9)7-1-2-7;1-2(3)4/h3-7H,1-2H2;1H3,(H,3,4). The first kappa shape index (κ1) is 11.1. The van der Waals surface area contributed by atoms with Crippen LogP contribution >= 0.6 is 11.6 Å². The Bertz CT molecular complexity index is 298. The molecule has 1 fully saturated rings. The number of carboxylic acids is 1. The highest BCUT2D eigenvalue weighted by Crippen LogP contribution is 2.40. The van der Waals surface area contributed by atoms with Gasteiger partial charge < -0.3 is 5.11 Å². The Morgan fingerprint density at radius 1 is 1.36 bits per heavy atom. The molecule has 14 heavy (non-hydrogen) atoms. The summed E-state index contributed by atoms with van der Waals surface area (Å²) in [5, 5.41) is 8.25. The lowest BCUT2D eigenvalue weighted by molar-refractivity contribution is -0.134. The van der Waals surface area contributed by atoms with Crippen molar-refractivity contribution in [3.8, 4) is 0 Å². The third kappa shape index (κ3) is 4.28. The zero-order valence-corrected chi connectivity index (χ0v) is 8.79. The molecule has 0 saturated heterocycles. The zero-order valence-electron chi connectivity index (χ0n) is 8.03. The predicted molar refractivity (Wildman–Crippen MR) is 56.7 cm³/mol. The summed E-state index contributed by atoms with van der Waals surface area (Å²) >= 11 is 5.74. The van der Waals surface area contributed by atoms with Gasteiger partial charge in [-0.1, -0.05) is 23.7 Å². The summed E-state index contributed by atoms with van der Waals surface area (Å²) in [4.78, 5) is 9.00. The molecule has 0 unspecified atom stereocenters. The second kappa shape index (κ2) is 5.01. The van der Waals surface area contributed by atoms with Crippen LogP contribution in [0, 0.1) is 0 Å². The second-order valence-corrected chi connectivity index (χ2v) is 3.78. The fraction of sp³-hybridized carbons (Fsp3) is 0.364. The molecule has 1 N–H and O–H groups in total. The molecule has 0 radical (unpaired) electrons. The molecule has 1 saturated carbocycles. The zero-order chi connectivity index (χ0) is 10.6. The molecule has 1 aromatic carbocycles. The maximum atomic E-state index is 9.00. The van der Waals surface area contributed by atoms with Gasteiger partial charge in [0.1, 0.15) is 0 Å². The van der Waals surface area contributed by atoms with Crippen LogP contribution in [0.25, 0.3) is 0 Å². The molecular weight excluding hydrogens is 200 g/mol. The fourth-order valence-corrected chi connectivity index (χ4v) is 1.28. The quantitative estimate of drug-likeness (QED) is 0.776. The summed E-state index contributed by atoms with van der Waals surface area (Å²) in [6, 6.07) is 8.18. The average Bonchev–Trinajstić information content (AvgIpc) is 2.87. The number of halogens is 1. The minimum Gasteiger partial charge on any atom is -0.481 e. The normalized spacial score (nSPS) is 14.1. The van der Waals surface area contributed by atoms with Crippen LogP contribution in [0.3, 0.4) is 0 Å². The van der Waals surface area contributed by atoms with Crippen molar-refractivity contribution in [1.29, 1.82) is 0 Å². The van der Waals surface area contributed by atoms with Gasteiger partial charge in [-0.15, -0.1) is 0 Å². The van der Waals surface area contributed by atoms with Crippen LogP contribution in [0.2, 0.25) is 5.02 Å². The van der Waals surface area contributed by atoms with Crippen molar-refractivity contribution in [3.63, 3.8) is 0 Å². The van der Waals surface area contributed by atoms with E-state index in [-0.39, 0.29) is 0 Å². The first-order valence-electron chi connectivity index (χ1n) is 4.54. The van der Waals surface area contributed by atoms with Gasteiger partial charge in [-0.25, -0.2) is 0 Å². The van der Waals surface area contributed by atoms with Gasteiger partial charge in [-0.2, -0.15) is 0 Å².